The minimum atomic E-state index is -0.113. The zero-order chi connectivity index (χ0) is 19.8. The molecule has 0 bridgehead atoms. The van der Waals surface area contributed by atoms with Crippen molar-refractivity contribution in [1.82, 2.24) is 0 Å². The first-order valence-electron chi connectivity index (χ1n) is 9.94. The second-order valence-electron chi connectivity index (χ2n) is 7.80. The average Bonchev–Trinajstić information content (AvgIpc) is 2.99. The van der Waals surface area contributed by atoms with E-state index in [1.54, 1.807) is 4.90 Å². The van der Waals surface area contributed by atoms with Crippen LogP contribution in [0.4, 0.5) is 11.4 Å². The van der Waals surface area contributed by atoms with Gasteiger partial charge < -0.3 is 4.90 Å². The van der Waals surface area contributed by atoms with Crippen LogP contribution in [0.25, 0.3) is 0 Å². The lowest BCUT2D eigenvalue weighted by Crippen LogP contribution is -2.31. The Bertz CT molecular complexity index is 939. The Morgan fingerprint density at radius 1 is 1.14 bits per heavy atom. The third kappa shape index (κ3) is 3.42. The number of carbonyl (C=O) groups excluding carboxylic acids is 1. The Morgan fingerprint density at radius 3 is 2.61 bits per heavy atom. The number of anilines is 2. The van der Waals surface area contributed by atoms with Crippen LogP contribution in [-0.4, -0.2) is 30.1 Å². The number of hydrogen-bond donors (Lipinski definition) is 0. The van der Waals surface area contributed by atoms with Crippen molar-refractivity contribution in [2.24, 2.45) is 5.10 Å². The van der Waals surface area contributed by atoms with Gasteiger partial charge in [-0.1, -0.05) is 12.1 Å². The number of hydrazone groups is 1. The molecule has 2 unspecified atom stereocenters. The third-order valence-electron chi connectivity index (χ3n) is 5.86. The predicted molar refractivity (Wildman–Crippen MR) is 117 cm³/mol. The van der Waals surface area contributed by atoms with Gasteiger partial charge in [0.2, 0.25) is 0 Å². The fraction of sp³-hybridized carbons (Fsp3) is 0.391. The number of carbonyl (C=O) groups is 1. The van der Waals surface area contributed by atoms with Gasteiger partial charge in [-0.05, 0) is 81.0 Å². The molecular formula is C23H26ClN3O. The smallest absolute Gasteiger partial charge is 0.258 e. The minimum absolute atomic E-state index is 0.0208. The summed E-state index contributed by atoms with van der Waals surface area (Å²) in [7, 11) is 1.84. The zero-order valence-electron chi connectivity index (χ0n) is 16.7. The van der Waals surface area contributed by atoms with Gasteiger partial charge in [0, 0.05) is 18.3 Å². The number of nitrogens with zero attached hydrogens (tertiary/aromatic N) is 3. The fourth-order valence-electron chi connectivity index (χ4n) is 4.10. The van der Waals surface area contributed by atoms with Crippen LogP contribution in [0, 0.1) is 0 Å². The van der Waals surface area contributed by atoms with Crippen molar-refractivity contribution in [2.45, 2.75) is 50.9 Å². The molecule has 2 aromatic rings. The Morgan fingerprint density at radius 2 is 1.89 bits per heavy atom. The largest absolute Gasteiger partial charge is 0.311 e. The van der Waals surface area contributed by atoms with Crippen LogP contribution >= 0.6 is 11.6 Å². The summed E-state index contributed by atoms with van der Waals surface area (Å²) in [4.78, 5) is 14.9. The summed E-state index contributed by atoms with van der Waals surface area (Å²) in [6.45, 7) is 3.98. The van der Waals surface area contributed by atoms with E-state index in [0.29, 0.717) is 5.56 Å². The Hall–Kier alpha value is -2.33. The molecule has 146 valence electrons. The van der Waals surface area contributed by atoms with Crippen LogP contribution in [0.5, 0.6) is 0 Å². The lowest BCUT2D eigenvalue weighted by atomic mass is 9.91. The highest BCUT2D eigenvalue weighted by Gasteiger charge is 2.31. The average molecular weight is 396 g/mol. The molecule has 0 spiro atoms. The molecule has 4 nitrogen and oxygen atoms in total. The predicted octanol–water partition coefficient (Wildman–Crippen LogP) is 5.03. The summed E-state index contributed by atoms with van der Waals surface area (Å²) in [6, 6.07) is 14.1. The third-order valence-corrected chi connectivity index (χ3v) is 6.54. The fourth-order valence-corrected chi connectivity index (χ4v) is 4.25. The van der Waals surface area contributed by atoms with Crippen molar-refractivity contribution in [3.8, 4) is 0 Å². The summed E-state index contributed by atoms with van der Waals surface area (Å²) in [5.41, 5.74) is 6.18. The molecular weight excluding hydrogens is 370 g/mol. The van der Waals surface area contributed by atoms with Gasteiger partial charge in [-0.3, -0.25) is 9.80 Å². The molecule has 0 fully saturated rings. The number of rotatable bonds is 3. The van der Waals surface area contributed by atoms with Crippen LogP contribution < -0.4 is 9.91 Å². The molecule has 1 amide bonds. The SMILES string of the molecule is CC1=NN(c2cccc(C(=O)N(C)c3ccc4c(c3)CCCC4)c2)C(C)C1Cl. The van der Waals surface area contributed by atoms with E-state index in [2.05, 4.69) is 23.3 Å². The van der Waals surface area contributed by atoms with Gasteiger partial charge in [-0.2, -0.15) is 5.10 Å². The molecule has 2 aromatic carbocycles. The van der Waals surface area contributed by atoms with Crippen molar-refractivity contribution in [3.05, 3.63) is 59.2 Å². The van der Waals surface area contributed by atoms with Crippen LogP contribution in [0.15, 0.2) is 47.6 Å². The van der Waals surface area contributed by atoms with Crippen LogP contribution in [0.2, 0.25) is 0 Å². The minimum Gasteiger partial charge on any atom is -0.311 e. The quantitative estimate of drug-likeness (QED) is 0.683. The Balaban J connectivity index is 1.58. The summed E-state index contributed by atoms with van der Waals surface area (Å²) >= 11 is 6.40. The summed E-state index contributed by atoms with van der Waals surface area (Å²) in [5.74, 6) is -0.0208. The highest BCUT2D eigenvalue weighted by molar-refractivity contribution is 6.33. The maximum absolute atomic E-state index is 13.1. The topological polar surface area (TPSA) is 35.9 Å². The van der Waals surface area contributed by atoms with E-state index >= 15 is 0 Å². The van der Waals surface area contributed by atoms with E-state index < -0.39 is 0 Å². The van der Waals surface area contributed by atoms with Crippen LogP contribution in [0.3, 0.4) is 0 Å². The van der Waals surface area contributed by atoms with Crippen molar-refractivity contribution in [2.75, 3.05) is 17.0 Å². The van der Waals surface area contributed by atoms with E-state index in [1.807, 2.05) is 50.2 Å². The van der Waals surface area contributed by atoms with Gasteiger partial charge in [0.05, 0.1) is 22.8 Å². The molecule has 1 aliphatic heterocycles. The first kappa shape index (κ1) is 19.0. The normalized spacial score (nSPS) is 21.3. The van der Waals surface area contributed by atoms with E-state index in [-0.39, 0.29) is 17.3 Å². The first-order valence-corrected chi connectivity index (χ1v) is 10.4. The Labute approximate surface area is 171 Å². The molecule has 1 aliphatic carbocycles. The molecule has 1 heterocycles. The number of fused-ring (bicyclic) bond motifs is 1. The number of amides is 1. The van der Waals surface area contributed by atoms with E-state index in [0.717, 1.165) is 29.9 Å². The molecule has 0 saturated carbocycles. The van der Waals surface area contributed by atoms with Gasteiger partial charge in [0.15, 0.2) is 0 Å². The molecule has 0 aromatic heterocycles. The monoisotopic (exact) mass is 395 g/mol. The van der Waals surface area contributed by atoms with Gasteiger partial charge in [-0.25, -0.2) is 0 Å². The highest BCUT2D eigenvalue weighted by Crippen LogP contribution is 2.30. The van der Waals surface area contributed by atoms with Crippen molar-refractivity contribution >= 4 is 34.6 Å². The highest BCUT2D eigenvalue weighted by atomic mass is 35.5. The maximum atomic E-state index is 13.1. The number of hydrogen-bond acceptors (Lipinski definition) is 3. The van der Waals surface area contributed by atoms with E-state index in [1.165, 1.54) is 24.0 Å². The molecule has 0 radical (unpaired) electrons. The molecule has 5 heteroatoms. The molecule has 4 rings (SSSR count). The maximum Gasteiger partial charge on any atom is 0.258 e. The van der Waals surface area contributed by atoms with Crippen molar-refractivity contribution in [3.63, 3.8) is 0 Å². The van der Waals surface area contributed by atoms with E-state index in [4.69, 9.17) is 11.6 Å². The second-order valence-corrected chi connectivity index (χ2v) is 8.27. The molecule has 2 atom stereocenters. The standard InChI is InChI=1S/C23H26ClN3O/c1-15-22(24)16(2)27(25-15)21-10-6-9-19(14-21)23(28)26(3)20-12-11-17-7-4-5-8-18(17)13-20/h6,9-14,16,22H,4-5,7-8H2,1-3H3. The van der Waals surface area contributed by atoms with Gasteiger partial charge in [0.1, 0.15) is 0 Å². The number of halogens is 1. The summed E-state index contributed by atoms with van der Waals surface area (Å²) in [5, 5.41) is 6.36. The number of aryl methyl sites for hydroxylation is 2. The zero-order valence-corrected chi connectivity index (χ0v) is 17.4. The number of benzene rings is 2. The number of alkyl halides is 1. The van der Waals surface area contributed by atoms with Crippen molar-refractivity contribution < 1.29 is 4.79 Å². The first-order chi connectivity index (χ1) is 13.5. The van der Waals surface area contributed by atoms with Crippen LogP contribution in [0.1, 0.15) is 48.2 Å². The molecule has 28 heavy (non-hydrogen) atoms. The lowest BCUT2D eigenvalue weighted by molar-refractivity contribution is 0.0993. The van der Waals surface area contributed by atoms with E-state index in [9.17, 15) is 4.79 Å². The van der Waals surface area contributed by atoms with Gasteiger partial charge >= 0.3 is 0 Å². The van der Waals surface area contributed by atoms with Gasteiger partial charge in [0.25, 0.3) is 5.91 Å². The summed E-state index contributed by atoms with van der Waals surface area (Å²) in [6.07, 6.45) is 4.73. The molecule has 0 N–H and O–H groups in total. The van der Waals surface area contributed by atoms with Crippen molar-refractivity contribution in [1.29, 1.82) is 0 Å². The lowest BCUT2D eigenvalue weighted by Gasteiger charge is -2.24. The summed E-state index contributed by atoms with van der Waals surface area (Å²) < 4.78 is 0. The van der Waals surface area contributed by atoms with Crippen LogP contribution in [-0.2, 0) is 12.8 Å². The Kier molecular flexibility index (Phi) is 5.15. The van der Waals surface area contributed by atoms with Gasteiger partial charge in [-0.15, -0.1) is 11.6 Å². The second kappa shape index (κ2) is 7.59. The molecule has 2 aliphatic rings. The molecule has 0 saturated heterocycles.